The highest BCUT2D eigenvalue weighted by Gasteiger charge is 2.24. The molecule has 122 valence electrons. The van der Waals surface area contributed by atoms with Gasteiger partial charge in [0.1, 0.15) is 0 Å². The molecule has 0 bridgehead atoms. The SMILES string of the molecule is O=C(CN1CCCCCC1)NCCS(=O)(=O)N1CCCC1. The largest absolute Gasteiger partial charge is 0.354 e. The molecule has 2 rings (SSSR count). The fourth-order valence-corrected chi connectivity index (χ4v) is 4.40. The molecule has 2 aliphatic heterocycles. The van der Waals surface area contributed by atoms with E-state index >= 15 is 0 Å². The molecule has 2 saturated heterocycles. The Hall–Kier alpha value is -0.660. The number of nitrogens with one attached hydrogen (secondary N) is 1. The van der Waals surface area contributed by atoms with E-state index in [0.29, 0.717) is 19.6 Å². The van der Waals surface area contributed by atoms with Crippen molar-refractivity contribution in [2.75, 3.05) is 45.0 Å². The zero-order valence-corrected chi connectivity index (χ0v) is 13.5. The number of carbonyl (C=O) groups excluding carboxylic acids is 1. The standard InChI is InChI=1S/C14H27N3O3S/c18-14(13-16-8-3-1-2-4-9-16)15-7-12-21(19,20)17-10-5-6-11-17/h1-13H2,(H,15,18). The Labute approximate surface area is 127 Å². The lowest BCUT2D eigenvalue weighted by molar-refractivity contribution is -0.122. The fourth-order valence-electron chi connectivity index (χ4n) is 2.97. The second-order valence-electron chi connectivity index (χ2n) is 5.96. The molecule has 1 N–H and O–H groups in total. The molecular weight excluding hydrogens is 290 g/mol. The predicted octanol–water partition coefficient (Wildman–Crippen LogP) is 0.404. The van der Waals surface area contributed by atoms with Crippen LogP contribution in [0.15, 0.2) is 0 Å². The number of amides is 1. The average Bonchev–Trinajstić information content (AvgIpc) is 2.86. The van der Waals surface area contributed by atoms with Gasteiger partial charge >= 0.3 is 0 Å². The first-order valence-electron chi connectivity index (χ1n) is 8.05. The molecule has 7 heteroatoms. The summed E-state index contributed by atoms with van der Waals surface area (Å²) in [5.74, 6) is -0.0489. The summed E-state index contributed by atoms with van der Waals surface area (Å²) in [6.07, 6.45) is 6.67. The third-order valence-electron chi connectivity index (χ3n) is 4.21. The first-order valence-corrected chi connectivity index (χ1v) is 9.66. The van der Waals surface area contributed by atoms with Crippen LogP contribution < -0.4 is 5.32 Å². The van der Waals surface area contributed by atoms with E-state index in [2.05, 4.69) is 10.2 Å². The van der Waals surface area contributed by atoms with Crippen LogP contribution in [-0.2, 0) is 14.8 Å². The predicted molar refractivity (Wildman–Crippen MR) is 82.5 cm³/mol. The molecule has 2 aliphatic rings. The highest BCUT2D eigenvalue weighted by atomic mass is 32.2. The van der Waals surface area contributed by atoms with Crippen LogP contribution in [0.4, 0.5) is 0 Å². The van der Waals surface area contributed by atoms with Gasteiger partial charge in [-0.05, 0) is 38.8 Å². The number of sulfonamides is 1. The molecule has 0 saturated carbocycles. The van der Waals surface area contributed by atoms with Gasteiger partial charge in [-0.1, -0.05) is 12.8 Å². The summed E-state index contributed by atoms with van der Waals surface area (Å²) in [7, 11) is -3.19. The molecule has 2 heterocycles. The van der Waals surface area contributed by atoms with Crippen LogP contribution in [-0.4, -0.2) is 68.6 Å². The number of hydrogen-bond donors (Lipinski definition) is 1. The Balaban J connectivity index is 1.66. The van der Waals surface area contributed by atoms with E-state index in [1.165, 1.54) is 17.1 Å². The van der Waals surface area contributed by atoms with Crippen molar-refractivity contribution in [3.63, 3.8) is 0 Å². The monoisotopic (exact) mass is 317 g/mol. The van der Waals surface area contributed by atoms with Gasteiger partial charge in [0.2, 0.25) is 15.9 Å². The molecule has 0 aromatic heterocycles. The van der Waals surface area contributed by atoms with Gasteiger partial charge < -0.3 is 5.32 Å². The summed E-state index contributed by atoms with van der Waals surface area (Å²) < 4.78 is 25.6. The summed E-state index contributed by atoms with van der Waals surface area (Å²) in [6.45, 7) is 3.81. The molecule has 0 aromatic carbocycles. The van der Waals surface area contributed by atoms with E-state index < -0.39 is 10.0 Å². The van der Waals surface area contributed by atoms with Crippen molar-refractivity contribution in [1.29, 1.82) is 0 Å². The van der Waals surface area contributed by atoms with Gasteiger partial charge in [-0.3, -0.25) is 9.69 Å². The van der Waals surface area contributed by atoms with Crippen LogP contribution in [0.5, 0.6) is 0 Å². The van der Waals surface area contributed by atoms with E-state index in [1.807, 2.05) is 0 Å². The third-order valence-corrected chi connectivity index (χ3v) is 6.08. The zero-order valence-electron chi connectivity index (χ0n) is 12.7. The molecule has 0 unspecified atom stereocenters. The highest BCUT2D eigenvalue weighted by Crippen LogP contribution is 2.12. The van der Waals surface area contributed by atoms with Crippen molar-refractivity contribution < 1.29 is 13.2 Å². The number of hydrogen-bond acceptors (Lipinski definition) is 4. The minimum Gasteiger partial charge on any atom is -0.354 e. The van der Waals surface area contributed by atoms with Gasteiger partial charge in [0.05, 0.1) is 12.3 Å². The molecule has 0 radical (unpaired) electrons. The lowest BCUT2D eigenvalue weighted by atomic mass is 10.2. The Morgan fingerprint density at radius 2 is 1.48 bits per heavy atom. The molecule has 1 amide bonds. The summed E-state index contributed by atoms with van der Waals surface area (Å²) in [4.78, 5) is 14.0. The van der Waals surface area contributed by atoms with Crippen molar-refractivity contribution in [3.8, 4) is 0 Å². The van der Waals surface area contributed by atoms with Crippen molar-refractivity contribution in [3.05, 3.63) is 0 Å². The topological polar surface area (TPSA) is 69.7 Å². The number of carbonyl (C=O) groups is 1. The van der Waals surface area contributed by atoms with E-state index in [0.717, 1.165) is 38.8 Å². The molecule has 2 fully saturated rings. The normalized spacial score (nSPS) is 22.1. The Morgan fingerprint density at radius 3 is 2.10 bits per heavy atom. The minimum absolute atomic E-state index is 0.0126. The van der Waals surface area contributed by atoms with Crippen LogP contribution in [0.25, 0.3) is 0 Å². The van der Waals surface area contributed by atoms with Crippen molar-refractivity contribution in [2.24, 2.45) is 0 Å². The van der Waals surface area contributed by atoms with Gasteiger partial charge in [-0.2, -0.15) is 0 Å². The molecule has 0 spiro atoms. The van der Waals surface area contributed by atoms with Crippen molar-refractivity contribution >= 4 is 15.9 Å². The van der Waals surface area contributed by atoms with Crippen LogP contribution in [0.1, 0.15) is 38.5 Å². The van der Waals surface area contributed by atoms with Crippen LogP contribution in [0, 0.1) is 0 Å². The molecule has 0 aliphatic carbocycles. The molecule has 0 aromatic rings. The summed E-state index contributed by atoms with van der Waals surface area (Å²) >= 11 is 0. The van der Waals surface area contributed by atoms with E-state index in [4.69, 9.17) is 0 Å². The lowest BCUT2D eigenvalue weighted by Crippen LogP contribution is -2.41. The number of rotatable bonds is 6. The third kappa shape index (κ3) is 5.56. The second kappa shape index (κ2) is 8.10. The minimum atomic E-state index is -3.19. The number of likely N-dealkylation sites (tertiary alicyclic amines) is 1. The van der Waals surface area contributed by atoms with Gasteiger partial charge in [-0.25, -0.2) is 12.7 Å². The summed E-state index contributed by atoms with van der Waals surface area (Å²) in [6, 6.07) is 0. The number of nitrogens with zero attached hydrogens (tertiary/aromatic N) is 2. The summed E-state index contributed by atoms with van der Waals surface area (Å²) in [5.41, 5.74) is 0. The Kier molecular flexibility index (Phi) is 6.44. The van der Waals surface area contributed by atoms with Gasteiger partial charge in [0.25, 0.3) is 0 Å². The molecular formula is C14H27N3O3S. The fraction of sp³-hybridized carbons (Fsp3) is 0.929. The Morgan fingerprint density at radius 1 is 0.905 bits per heavy atom. The second-order valence-corrected chi connectivity index (χ2v) is 8.05. The lowest BCUT2D eigenvalue weighted by Gasteiger charge is -2.19. The molecule has 21 heavy (non-hydrogen) atoms. The van der Waals surface area contributed by atoms with Gasteiger partial charge in [0, 0.05) is 19.6 Å². The van der Waals surface area contributed by atoms with Crippen LogP contribution >= 0.6 is 0 Å². The maximum atomic E-state index is 12.0. The quantitative estimate of drug-likeness (QED) is 0.770. The van der Waals surface area contributed by atoms with E-state index in [-0.39, 0.29) is 18.2 Å². The first-order chi connectivity index (χ1) is 10.1. The Bertz CT molecular complexity index is 425. The maximum Gasteiger partial charge on any atom is 0.234 e. The average molecular weight is 317 g/mol. The van der Waals surface area contributed by atoms with Crippen molar-refractivity contribution in [2.45, 2.75) is 38.5 Å². The van der Waals surface area contributed by atoms with Crippen LogP contribution in [0.2, 0.25) is 0 Å². The van der Waals surface area contributed by atoms with Gasteiger partial charge in [0.15, 0.2) is 0 Å². The smallest absolute Gasteiger partial charge is 0.234 e. The molecule has 0 atom stereocenters. The van der Waals surface area contributed by atoms with E-state index in [9.17, 15) is 13.2 Å². The zero-order chi connectivity index (χ0) is 15.1. The van der Waals surface area contributed by atoms with Crippen molar-refractivity contribution in [1.82, 2.24) is 14.5 Å². The molecule has 6 nitrogen and oxygen atoms in total. The van der Waals surface area contributed by atoms with Gasteiger partial charge in [-0.15, -0.1) is 0 Å². The first kappa shape index (κ1) is 16.7. The van der Waals surface area contributed by atoms with E-state index in [1.54, 1.807) is 0 Å². The van der Waals surface area contributed by atoms with Crippen LogP contribution in [0.3, 0.4) is 0 Å². The maximum absolute atomic E-state index is 12.0. The highest BCUT2D eigenvalue weighted by molar-refractivity contribution is 7.89. The summed E-state index contributed by atoms with van der Waals surface area (Å²) in [5, 5.41) is 2.74.